The summed E-state index contributed by atoms with van der Waals surface area (Å²) in [6.07, 6.45) is 16.5. The molecule has 2 aliphatic rings. The second-order valence-corrected chi connectivity index (χ2v) is 15.7. The van der Waals surface area contributed by atoms with Gasteiger partial charge < -0.3 is 0 Å². The van der Waals surface area contributed by atoms with Crippen molar-refractivity contribution in [1.82, 2.24) is 0 Å². The predicted molar refractivity (Wildman–Crippen MR) is 127 cm³/mol. The molecule has 4 rings (SSSR count). The van der Waals surface area contributed by atoms with Gasteiger partial charge in [0, 0.05) is 0 Å². The molecule has 33 heavy (non-hydrogen) atoms. The molecule has 2 aromatic carbocycles. The number of allylic oxidation sites excluding steroid dienone is 8. The van der Waals surface area contributed by atoms with E-state index in [0.29, 0.717) is 22.9 Å². The Bertz CT molecular complexity index is 1050. The van der Waals surface area contributed by atoms with Gasteiger partial charge in [0.15, 0.2) is 0 Å². The number of para-hydroxylation sites is 4. The van der Waals surface area contributed by atoms with Crippen molar-refractivity contribution in [3.05, 3.63) is 97.1 Å². The fourth-order valence-electron chi connectivity index (χ4n) is 3.96. The van der Waals surface area contributed by atoms with E-state index in [9.17, 15) is 9.59 Å². The van der Waals surface area contributed by atoms with E-state index in [-0.39, 0.29) is 19.1 Å². The monoisotopic (exact) mass is 520 g/mol. The van der Waals surface area contributed by atoms with Crippen LogP contribution in [0.15, 0.2) is 97.1 Å². The van der Waals surface area contributed by atoms with Crippen LogP contribution in [0.2, 0.25) is 7.25 Å². The Hall–Kier alpha value is -3.18. The first-order valence-electron chi connectivity index (χ1n) is 10.8. The normalized spacial score (nSPS) is 15.1. The van der Waals surface area contributed by atoms with Crippen LogP contribution in [0, 0.1) is 0 Å². The third-order valence-corrected chi connectivity index (χ3v) is 14.5. The van der Waals surface area contributed by atoms with Gasteiger partial charge in [-0.15, -0.1) is 0 Å². The number of carbonyl (C=O) groups excluding carboxylic acids is 2. The molecule has 7 heteroatoms. The molecule has 0 saturated carbocycles. The molecule has 0 heterocycles. The molecule has 0 aromatic heterocycles. The summed E-state index contributed by atoms with van der Waals surface area (Å²) in [5.74, 6) is 0.793. The van der Waals surface area contributed by atoms with Gasteiger partial charge in [0.2, 0.25) is 0 Å². The number of nitrogens with one attached hydrogen (secondary N) is 2. The molecular formula is C26H26N2O4Zr. The molecule has 0 aliphatic heterocycles. The van der Waals surface area contributed by atoms with Gasteiger partial charge in [-0.25, -0.2) is 0 Å². The number of hydrogen-bond acceptors (Lipinski definition) is 4. The molecule has 2 N–H and O–H groups in total. The molecule has 0 spiro atoms. The number of carbonyl (C=O) groups is 2. The number of amides is 2. The molecular weight excluding hydrogens is 496 g/mol. The average Bonchev–Trinajstić information content (AvgIpc) is 3.50. The van der Waals surface area contributed by atoms with Crippen LogP contribution in [0.4, 0.5) is 11.4 Å². The fourth-order valence-corrected chi connectivity index (χ4v) is 12.8. The minimum atomic E-state index is -4.25. The van der Waals surface area contributed by atoms with Gasteiger partial charge in [0.05, 0.1) is 0 Å². The Morgan fingerprint density at radius 3 is 1.39 bits per heavy atom. The van der Waals surface area contributed by atoms with Crippen LogP contribution >= 0.6 is 0 Å². The summed E-state index contributed by atoms with van der Waals surface area (Å²) in [5.41, 5.74) is 1.20. The molecule has 0 atom stereocenters. The number of hydrogen-bond donors (Lipinski definition) is 2. The third kappa shape index (κ3) is 5.25. The zero-order valence-corrected chi connectivity index (χ0v) is 21.0. The summed E-state index contributed by atoms with van der Waals surface area (Å²) in [6, 6.07) is 14.8. The van der Waals surface area contributed by atoms with Gasteiger partial charge in [-0.1, -0.05) is 0 Å². The third-order valence-electron chi connectivity index (χ3n) is 5.36. The Balaban J connectivity index is 1.83. The summed E-state index contributed by atoms with van der Waals surface area (Å²) in [4.78, 5) is 23.6. The first kappa shape index (κ1) is 23.0. The topological polar surface area (TPSA) is 76.7 Å². The standard InChI is InChI=1S/2C8H9NO2.2C5H5.Zr/c2*1-6(10)9-7-4-2-3-5-8(7)11;2*1-2-4-5-3-1;/h2*2-5,11H,1H3,(H,9,10);2*1-5H;/q;;;;+2/p-2. The second-order valence-electron chi connectivity index (χ2n) is 7.87. The summed E-state index contributed by atoms with van der Waals surface area (Å²) < 4.78 is 13.8. The van der Waals surface area contributed by atoms with Crippen LogP contribution < -0.4 is 16.3 Å². The van der Waals surface area contributed by atoms with E-state index in [0.717, 1.165) is 0 Å². The molecule has 6 nitrogen and oxygen atoms in total. The van der Waals surface area contributed by atoms with E-state index >= 15 is 0 Å². The number of rotatable bonds is 8. The van der Waals surface area contributed by atoms with E-state index in [1.807, 2.05) is 72.8 Å². The Morgan fingerprint density at radius 2 is 1.03 bits per heavy atom. The van der Waals surface area contributed by atoms with Gasteiger partial charge in [-0.05, 0) is 0 Å². The maximum atomic E-state index is 11.8. The molecule has 0 radical (unpaired) electrons. The van der Waals surface area contributed by atoms with Crippen molar-refractivity contribution in [3.8, 4) is 11.5 Å². The molecule has 2 amide bonds. The van der Waals surface area contributed by atoms with Gasteiger partial charge in [-0.3, -0.25) is 0 Å². The van der Waals surface area contributed by atoms with Crippen molar-refractivity contribution in [2.45, 2.75) is 21.1 Å². The van der Waals surface area contributed by atoms with E-state index in [1.165, 1.54) is 13.8 Å². The zero-order valence-electron chi connectivity index (χ0n) is 18.5. The molecule has 2 aromatic rings. The summed E-state index contributed by atoms with van der Waals surface area (Å²) >= 11 is -4.25. The number of anilines is 2. The minimum absolute atomic E-state index is 0.0348. The quantitative estimate of drug-likeness (QED) is 0.455. The summed E-state index contributed by atoms with van der Waals surface area (Å²) in [5, 5.41) is 5.73. The van der Waals surface area contributed by atoms with Crippen molar-refractivity contribution in [2.75, 3.05) is 10.6 Å². The Morgan fingerprint density at radius 1 is 0.667 bits per heavy atom. The number of benzene rings is 2. The fraction of sp³-hybridized carbons (Fsp3) is 0.154. The average molecular weight is 522 g/mol. The van der Waals surface area contributed by atoms with Crippen molar-refractivity contribution < 1.29 is 36.4 Å². The van der Waals surface area contributed by atoms with Crippen molar-refractivity contribution in [3.63, 3.8) is 0 Å². The molecule has 0 unspecified atom stereocenters. The predicted octanol–water partition coefficient (Wildman–Crippen LogP) is 5.87. The SMILES string of the molecule is CC(=O)Nc1ccccc1[O][Zr]([O]c1ccccc1NC(C)=O)([CH]1C=CC=C1)[CH]1C=CC=C1. The first-order chi connectivity index (χ1) is 16.0. The van der Waals surface area contributed by atoms with Gasteiger partial charge >= 0.3 is 200 Å². The van der Waals surface area contributed by atoms with Crippen LogP contribution in [0.1, 0.15) is 13.8 Å². The maximum absolute atomic E-state index is 11.8. The first-order valence-corrected chi connectivity index (χ1v) is 15.6. The van der Waals surface area contributed by atoms with E-state index < -0.39 is 21.1 Å². The van der Waals surface area contributed by atoms with Crippen LogP contribution in [-0.4, -0.2) is 11.8 Å². The Labute approximate surface area is 199 Å². The van der Waals surface area contributed by atoms with Crippen molar-refractivity contribution >= 4 is 23.2 Å². The van der Waals surface area contributed by atoms with Gasteiger partial charge in [-0.2, -0.15) is 0 Å². The molecule has 168 valence electrons. The molecule has 0 bridgehead atoms. The zero-order chi connectivity index (χ0) is 23.3. The van der Waals surface area contributed by atoms with E-state index in [1.54, 1.807) is 0 Å². The van der Waals surface area contributed by atoms with Gasteiger partial charge in [0.25, 0.3) is 0 Å². The summed E-state index contributed by atoms with van der Waals surface area (Å²) in [6.45, 7) is 2.94. The van der Waals surface area contributed by atoms with Crippen molar-refractivity contribution in [1.29, 1.82) is 0 Å². The van der Waals surface area contributed by atoms with Crippen LogP contribution in [0.3, 0.4) is 0 Å². The van der Waals surface area contributed by atoms with Crippen LogP contribution in [-0.2, 0) is 30.7 Å². The molecule has 2 aliphatic carbocycles. The van der Waals surface area contributed by atoms with Crippen LogP contribution in [0.5, 0.6) is 11.5 Å². The van der Waals surface area contributed by atoms with E-state index in [2.05, 4.69) is 34.9 Å². The summed E-state index contributed by atoms with van der Waals surface area (Å²) in [7, 11) is 0. The Kier molecular flexibility index (Phi) is 7.09. The second kappa shape index (κ2) is 10.2. The van der Waals surface area contributed by atoms with Gasteiger partial charge in [0.1, 0.15) is 0 Å². The van der Waals surface area contributed by atoms with Crippen molar-refractivity contribution in [2.24, 2.45) is 0 Å². The molecule has 0 fully saturated rings. The molecule has 0 saturated heterocycles. The van der Waals surface area contributed by atoms with E-state index in [4.69, 9.17) is 5.63 Å². The van der Waals surface area contributed by atoms with Crippen LogP contribution in [0.25, 0.3) is 0 Å².